The summed E-state index contributed by atoms with van der Waals surface area (Å²) in [6.07, 6.45) is 0.615. The Morgan fingerprint density at radius 1 is 1.44 bits per heavy atom. The Labute approximate surface area is 112 Å². The molecule has 0 bridgehead atoms. The van der Waals surface area contributed by atoms with Crippen molar-refractivity contribution in [1.82, 2.24) is 5.32 Å². The molecule has 0 aliphatic heterocycles. The van der Waals surface area contributed by atoms with Crippen LogP contribution in [0.15, 0.2) is 18.2 Å². The third-order valence-corrected chi connectivity index (χ3v) is 3.03. The first-order chi connectivity index (χ1) is 8.35. The Morgan fingerprint density at radius 2 is 2.11 bits per heavy atom. The van der Waals surface area contributed by atoms with Gasteiger partial charge in [0.1, 0.15) is 5.75 Å². The summed E-state index contributed by atoms with van der Waals surface area (Å²) in [5, 5.41) is 21.1. The van der Waals surface area contributed by atoms with Gasteiger partial charge in [-0.15, -0.1) is 0 Å². The van der Waals surface area contributed by atoms with Crippen LogP contribution in [-0.2, 0) is 0 Å². The molecule has 4 nitrogen and oxygen atoms in total. The van der Waals surface area contributed by atoms with Crippen molar-refractivity contribution in [3.8, 4) is 5.75 Å². The van der Waals surface area contributed by atoms with Gasteiger partial charge >= 0.3 is 0 Å². The molecular formula is C13H18ClNO3. The van der Waals surface area contributed by atoms with Crippen LogP contribution in [0.4, 0.5) is 0 Å². The Hall–Kier alpha value is -1.26. The van der Waals surface area contributed by atoms with Gasteiger partial charge in [-0.05, 0) is 30.0 Å². The highest BCUT2D eigenvalue weighted by Crippen LogP contribution is 2.24. The minimum Gasteiger partial charge on any atom is -0.506 e. The molecule has 0 atom stereocenters. The second-order valence-electron chi connectivity index (χ2n) is 4.99. The zero-order chi connectivity index (χ0) is 13.8. The number of carbonyl (C=O) groups excluding carboxylic acids is 1. The van der Waals surface area contributed by atoms with Gasteiger partial charge < -0.3 is 15.5 Å². The molecule has 1 aromatic carbocycles. The fraction of sp³-hybridized carbons (Fsp3) is 0.462. The number of hydrogen-bond donors (Lipinski definition) is 3. The Bertz CT molecular complexity index is 432. The van der Waals surface area contributed by atoms with E-state index in [0.717, 1.165) is 0 Å². The lowest BCUT2D eigenvalue weighted by molar-refractivity contribution is 0.0928. The summed E-state index contributed by atoms with van der Waals surface area (Å²) in [6, 6.07) is 4.32. The predicted octanol–water partition coefficient (Wildman–Crippen LogP) is 2.18. The molecular weight excluding hydrogens is 254 g/mol. The van der Waals surface area contributed by atoms with Gasteiger partial charge in [0.2, 0.25) is 0 Å². The number of nitrogens with one attached hydrogen (secondary N) is 1. The summed E-state index contributed by atoms with van der Waals surface area (Å²) in [7, 11) is 0. The molecule has 0 saturated heterocycles. The molecule has 18 heavy (non-hydrogen) atoms. The molecule has 3 N–H and O–H groups in total. The van der Waals surface area contributed by atoms with Gasteiger partial charge in [-0.2, -0.15) is 0 Å². The number of aromatic hydroxyl groups is 1. The number of phenolic OH excluding ortho intramolecular Hbond substituents is 1. The van der Waals surface area contributed by atoms with Crippen LogP contribution in [0.25, 0.3) is 0 Å². The molecule has 0 unspecified atom stereocenters. The van der Waals surface area contributed by atoms with E-state index in [1.54, 1.807) is 0 Å². The first-order valence-electron chi connectivity index (χ1n) is 5.73. The highest BCUT2D eigenvalue weighted by molar-refractivity contribution is 6.32. The van der Waals surface area contributed by atoms with Crippen molar-refractivity contribution in [2.45, 2.75) is 20.3 Å². The van der Waals surface area contributed by atoms with Crippen LogP contribution in [0, 0.1) is 5.41 Å². The van der Waals surface area contributed by atoms with E-state index in [1.807, 2.05) is 13.8 Å². The van der Waals surface area contributed by atoms with Gasteiger partial charge in [0, 0.05) is 18.7 Å². The van der Waals surface area contributed by atoms with Crippen molar-refractivity contribution in [2.24, 2.45) is 5.41 Å². The highest BCUT2D eigenvalue weighted by atomic mass is 35.5. The Balaban J connectivity index is 2.63. The molecule has 0 aromatic heterocycles. The summed E-state index contributed by atoms with van der Waals surface area (Å²) < 4.78 is 0. The van der Waals surface area contributed by atoms with Crippen molar-refractivity contribution in [3.05, 3.63) is 28.8 Å². The number of aliphatic hydroxyl groups excluding tert-OH is 1. The van der Waals surface area contributed by atoms with Crippen molar-refractivity contribution in [2.75, 3.05) is 13.2 Å². The molecule has 1 aromatic rings. The number of amides is 1. The standard InChI is InChI=1S/C13H18ClNO3/c1-13(2,5-6-16)8-15-12(18)9-3-4-11(17)10(14)7-9/h3-4,7,16-17H,5-6,8H2,1-2H3,(H,15,18). The first-order valence-corrected chi connectivity index (χ1v) is 6.11. The second kappa shape index (κ2) is 6.07. The van der Waals surface area contributed by atoms with Gasteiger partial charge in [0.15, 0.2) is 0 Å². The van der Waals surface area contributed by atoms with Gasteiger partial charge in [-0.25, -0.2) is 0 Å². The van der Waals surface area contributed by atoms with Crippen LogP contribution in [0.2, 0.25) is 5.02 Å². The van der Waals surface area contributed by atoms with E-state index < -0.39 is 0 Å². The molecule has 5 heteroatoms. The smallest absolute Gasteiger partial charge is 0.251 e. The van der Waals surface area contributed by atoms with Gasteiger partial charge in [0.25, 0.3) is 5.91 Å². The molecule has 0 fully saturated rings. The van der Waals surface area contributed by atoms with Gasteiger partial charge in [-0.3, -0.25) is 4.79 Å². The summed E-state index contributed by atoms with van der Waals surface area (Å²) in [5.74, 6) is -0.295. The molecule has 100 valence electrons. The van der Waals surface area contributed by atoms with E-state index in [1.165, 1.54) is 18.2 Å². The normalized spacial score (nSPS) is 11.3. The third-order valence-electron chi connectivity index (χ3n) is 2.73. The Kier molecular flexibility index (Phi) is 4.99. The van der Waals surface area contributed by atoms with Crippen LogP contribution in [0.3, 0.4) is 0 Å². The third kappa shape index (κ3) is 4.20. The summed E-state index contributed by atoms with van der Waals surface area (Å²) >= 11 is 5.73. The van der Waals surface area contributed by atoms with Crippen molar-refractivity contribution < 1.29 is 15.0 Å². The molecule has 0 saturated carbocycles. The molecule has 1 rings (SSSR count). The SMILES string of the molecule is CC(C)(CCO)CNC(=O)c1ccc(O)c(Cl)c1. The largest absolute Gasteiger partial charge is 0.506 e. The topological polar surface area (TPSA) is 69.6 Å². The van der Waals surface area contributed by atoms with Crippen molar-refractivity contribution in [1.29, 1.82) is 0 Å². The second-order valence-corrected chi connectivity index (χ2v) is 5.39. The van der Waals surface area contributed by atoms with Gasteiger partial charge in [-0.1, -0.05) is 25.4 Å². The zero-order valence-electron chi connectivity index (χ0n) is 10.5. The average Bonchev–Trinajstić information content (AvgIpc) is 2.30. The van der Waals surface area contributed by atoms with Crippen LogP contribution in [0.1, 0.15) is 30.6 Å². The van der Waals surface area contributed by atoms with Crippen molar-refractivity contribution >= 4 is 17.5 Å². The maximum atomic E-state index is 11.8. The Morgan fingerprint density at radius 3 is 2.67 bits per heavy atom. The van der Waals surface area contributed by atoms with E-state index in [4.69, 9.17) is 16.7 Å². The molecule has 0 aliphatic rings. The minimum atomic E-state index is -0.247. The van der Waals surface area contributed by atoms with Crippen LogP contribution in [-0.4, -0.2) is 29.3 Å². The molecule has 0 spiro atoms. The molecule has 1 amide bonds. The number of benzene rings is 1. The van der Waals surface area contributed by atoms with E-state index in [2.05, 4.69) is 5.32 Å². The minimum absolute atomic E-state index is 0.0474. The van der Waals surface area contributed by atoms with Crippen LogP contribution < -0.4 is 5.32 Å². The number of hydrogen-bond acceptors (Lipinski definition) is 3. The zero-order valence-corrected chi connectivity index (χ0v) is 11.3. The van der Waals surface area contributed by atoms with Gasteiger partial charge in [0.05, 0.1) is 5.02 Å². The highest BCUT2D eigenvalue weighted by Gasteiger charge is 2.18. The number of carbonyl (C=O) groups is 1. The number of rotatable bonds is 5. The quantitative estimate of drug-likeness (QED) is 0.769. The fourth-order valence-electron chi connectivity index (χ4n) is 1.46. The summed E-state index contributed by atoms with van der Waals surface area (Å²) in [4.78, 5) is 11.8. The average molecular weight is 272 g/mol. The maximum Gasteiger partial charge on any atom is 0.251 e. The molecule has 0 radical (unpaired) electrons. The van der Waals surface area contributed by atoms with Crippen molar-refractivity contribution in [3.63, 3.8) is 0 Å². The van der Waals surface area contributed by atoms with E-state index in [0.29, 0.717) is 18.5 Å². The maximum absolute atomic E-state index is 11.8. The van der Waals surface area contributed by atoms with Crippen LogP contribution in [0.5, 0.6) is 5.75 Å². The molecule has 0 heterocycles. The monoisotopic (exact) mass is 271 g/mol. The number of halogens is 1. The predicted molar refractivity (Wildman–Crippen MR) is 70.9 cm³/mol. The van der Waals surface area contributed by atoms with E-state index in [9.17, 15) is 9.90 Å². The number of aliphatic hydroxyl groups is 1. The number of phenols is 1. The van der Waals surface area contributed by atoms with E-state index in [-0.39, 0.29) is 28.7 Å². The lowest BCUT2D eigenvalue weighted by Crippen LogP contribution is -2.34. The fourth-order valence-corrected chi connectivity index (χ4v) is 1.64. The summed E-state index contributed by atoms with van der Waals surface area (Å²) in [6.45, 7) is 4.49. The summed E-state index contributed by atoms with van der Waals surface area (Å²) in [5.41, 5.74) is 0.239. The molecule has 0 aliphatic carbocycles. The lowest BCUT2D eigenvalue weighted by atomic mass is 9.89. The van der Waals surface area contributed by atoms with Crippen LogP contribution >= 0.6 is 11.6 Å². The van der Waals surface area contributed by atoms with E-state index >= 15 is 0 Å². The first kappa shape index (κ1) is 14.8. The lowest BCUT2D eigenvalue weighted by Gasteiger charge is -2.23.